The highest BCUT2D eigenvalue weighted by Crippen LogP contribution is 2.53. The number of nitrogens with zero attached hydrogens (tertiary/aromatic N) is 2. The predicted octanol–water partition coefficient (Wildman–Crippen LogP) is 7.22. The third-order valence-electron chi connectivity index (χ3n) is 8.49. The molecule has 2 atom stereocenters. The average molecular weight is 691 g/mol. The Morgan fingerprint density at radius 1 is 1.12 bits per heavy atom. The smallest absolute Gasteiger partial charge is 0.403 e. The number of nitrogens with two attached hydrogens (primary N) is 2. The molecule has 0 spiro atoms. The zero-order valence-corrected chi connectivity index (χ0v) is 27.3. The number of aliphatic hydroxyl groups is 1. The first kappa shape index (κ1) is 36.6. The van der Waals surface area contributed by atoms with E-state index in [0.29, 0.717) is 0 Å². The van der Waals surface area contributed by atoms with Gasteiger partial charge in [0.1, 0.15) is 25.3 Å². The minimum atomic E-state index is -5.00. The Hall–Kier alpha value is -4.27. The fraction of sp³-hybridized carbons (Fsp3) is 0.273. The van der Waals surface area contributed by atoms with E-state index in [-0.39, 0.29) is 56.4 Å². The molecule has 4 rings (SSSR count). The van der Waals surface area contributed by atoms with Crippen molar-refractivity contribution in [3.63, 3.8) is 0 Å². The van der Waals surface area contributed by atoms with E-state index in [2.05, 4.69) is 23.8 Å². The van der Waals surface area contributed by atoms with E-state index in [1.54, 1.807) is 7.05 Å². The van der Waals surface area contributed by atoms with Crippen LogP contribution in [0.4, 0.5) is 49.1 Å². The van der Waals surface area contributed by atoms with Crippen molar-refractivity contribution in [2.75, 3.05) is 34.7 Å². The van der Waals surface area contributed by atoms with Crippen molar-refractivity contribution < 1.29 is 31.4 Å². The summed E-state index contributed by atoms with van der Waals surface area (Å²) in [7, 11) is 8.22. The second kappa shape index (κ2) is 13.0. The lowest BCUT2D eigenvalue weighted by Gasteiger charge is -2.47. The fourth-order valence-corrected chi connectivity index (χ4v) is 5.92. The fourth-order valence-electron chi connectivity index (χ4n) is 5.69. The summed E-state index contributed by atoms with van der Waals surface area (Å²) >= 11 is 6.54. The summed E-state index contributed by atoms with van der Waals surface area (Å²) in [6.07, 6.45) is -2.72. The molecule has 1 aliphatic heterocycles. The standard InChI is InChI=1S/C33H34BClF6N6O/c1-7-19-27(29(44-6)20-10-17(37)8-9-23(20)35)24(45-25(14-42)21-11-18(38)12-22(28(21)43)33(39,40)41)13-26-30(19)46(15-36)16(2)47(26)32(5,34)31(3,4)48/h7-14,29,44-45,48H,1-2,15,42-43H2,3-6H3/b25-14+. The monoisotopic (exact) mass is 690 g/mol. The van der Waals surface area contributed by atoms with Crippen LogP contribution in [0, 0.1) is 11.6 Å². The van der Waals surface area contributed by atoms with Gasteiger partial charge in [0.15, 0.2) is 6.80 Å². The summed E-state index contributed by atoms with van der Waals surface area (Å²) in [5, 5.41) is 17.3. The van der Waals surface area contributed by atoms with Crippen molar-refractivity contribution in [3.8, 4) is 0 Å². The number of nitrogens with one attached hydrogen (secondary N) is 2. The summed E-state index contributed by atoms with van der Waals surface area (Å²) < 4.78 is 85.6. The van der Waals surface area contributed by atoms with Crippen molar-refractivity contribution in [2.45, 2.75) is 44.0 Å². The lowest BCUT2D eigenvalue weighted by atomic mass is 9.66. The third kappa shape index (κ3) is 6.19. The van der Waals surface area contributed by atoms with Gasteiger partial charge >= 0.3 is 6.18 Å². The molecular formula is C33H34BClF6N6O. The minimum Gasteiger partial charge on any atom is -0.403 e. The van der Waals surface area contributed by atoms with Crippen LogP contribution in [-0.2, 0) is 6.18 Å². The van der Waals surface area contributed by atoms with Crippen molar-refractivity contribution in [2.24, 2.45) is 5.73 Å². The summed E-state index contributed by atoms with van der Waals surface area (Å²) in [5.74, 6) is -1.83. The number of benzene rings is 3. The van der Waals surface area contributed by atoms with Crippen LogP contribution in [0.3, 0.4) is 0 Å². The molecule has 0 saturated heterocycles. The highest BCUT2D eigenvalue weighted by Gasteiger charge is 2.48. The molecule has 1 heterocycles. The lowest BCUT2D eigenvalue weighted by molar-refractivity contribution is -0.137. The number of rotatable bonds is 10. The van der Waals surface area contributed by atoms with E-state index in [4.69, 9.17) is 30.9 Å². The van der Waals surface area contributed by atoms with Crippen LogP contribution in [0.15, 0.2) is 61.6 Å². The van der Waals surface area contributed by atoms with Gasteiger partial charge in [0.2, 0.25) is 0 Å². The molecular weight excluding hydrogens is 657 g/mol. The molecule has 2 unspecified atom stereocenters. The maximum absolute atomic E-state index is 14.9. The number of anilines is 4. The van der Waals surface area contributed by atoms with Crippen LogP contribution in [0.2, 0.25) is 5.02 Å². The molecule has 3 aromatic carbocycles. The van der Waals surface area contributed by atoms with Crippen LogP contribution in [0.1, 0.15) is 54.6 Å². The van der Waals surface area contributed by atoms with Crippen molar-refractivity contribution in [1.82, 2.24) is 5.32 Å². The van der Waals surface area contributed by atoms with Gasteiger partial charge in [-0.2, -0.15) is 13.2 Å². The second-order valence-electron chi connectivity index (χ2n) is 11.8. The Labute approximate surface area is 280 Å². The van der Waals surface area contributed by atoms with Crippen molar-refractivity contribution in [3.05, 3.63) is 106 Å². The molecule has 7 nitrogen and oxygen atoms in total. The largest absolute Gasteiger partial charge is 0.418 e. The molecule has 254 valence electrons. The van der Waals surface area contributed by atoms with Crippen LogP contribution < -0.4 is 31.9 Å². The molecule has 48 heavy (non-hydrogen) atoms. The van der Waals surface area contributed by atoms with Crippen LogP contribution in [0.25, 0.3) is 11.8 Å². The van der Waals surface area contributed by atoms with Crippen LogP contribution in [0.5, 0.6) is 0 Å². The molecule has 0 aromatic heterocycles. The zero-order chi connectivity index (χ0) is 36.1. The Balaban J connectivity index is 2.13. The SMILES string of the molecule is [B]C(C)(N1C(=C)N(CF)c2c1cc(N/C(=C/N)c1cc(F)cc(C(F)(F)F)c1N)c(C(NC)c1cc(F)ccc1Cl)c2C=C)C(C)(C)O. The van der Waals surface area contributed by atoms with E-state index >= 15 is 0 Å². The Morgan fingerprint density at radius 3 is 2.29 bits per heavy atom. The summed E-state index contributed by atoms with van der Waals surface area (Å²) in [4.78, 5) is 2.59. The summed E-state index contributed by atoms with van der Waals surface area (Å²) in [6.45, 7) is 11.3. The molecule has 1 aliphatic rings. The number of hydrogen-bond donors (Lipinski definition) is 5. The van der Waals surface area contributed by atoms with Gasteiger partial charge in [0.25, 0.3) is 0 Å². The van der Waals surface area contributed by atoms with Crippen molar-refractivity contribution >= 4 is 54.0 Å². The number of nitrogen functional groups attached to an aromatic ring is 1. The number of alkyl halides is 4. The molecule has 2 radical (unpaired) electrons. The van der Waals surface area contributed by atoms with E-state index in [1.165, 1.54) is 54.8 Å². The minimum absolute atomic E-state index is 0.0365. The lowest BCUT2D eigenvalue weighted by Crippen LogP contribution is -2.60. The molecule has 15 heteroatoms. The molecule has 0 saturated carbocycles. The zero-order valence-electron chi connectivity index (χ0n) is 26.5. The van der Waals surface area contributed by atoms with Gasteiger partial charge in [-0.3, -0.25) is 4.90 Å². The molecule has 7 N–H and O–H groups in total. The summed E-state index contributed by atoms with van der Waals surface area (Å²) in [5.41, 5.74) is 6.89. The maximum Gasteiger partial charge on any atom is 0.418 e. The molecule has 0 fully saturated rings. The first-order valence-corrected chi connectivity index (χ1v) is 14.8. The maximum atomic E-state index is 14.9. The van der Waals surface area contributed by atoms with E-state index in [9.17, 15) is 31.4 Å². The Bertz CT molecular complexity index is 1810. The van der Waals surface area contributed by atoms with Crippen molar-refractivity contribution in [1.29, 1.82) is 0 Å². The topological polar surface area (TPSA) is 103 Å². The number of fused-ring (bicyclic) bond motifs is 1. The number of halogens is 7. The summed E-state index contributed by atoms with van der Waals surface area (Å²) in [6, 6.07) is 5.20. The highest BCUT2D eigenvalue weighted by molar-refractivity contribution is 6.31. The molecule has 3 aromatic rings. The van der Waals surface area contributed by atoms with E-state index in [1.807, 2.05) is 0 Å². The average Bonchev–Trinajstić information content (AvgIpc) is 3.28. The quantitative estimate of drug-likeness (QED) is 0.0663. The second-order valence-corrected chi connectivity index (χ2v) is 12.2. The predicted molar refractivity (Wildman–Crippen MR) is 181 cm³/mol. The van der Waals surface area contributed by atoms with Gasteiger partial charge in [0.05, 0.1) is 40.0 Å². The van der Waals surface area contributed by atoms with Gasteiger partial charge < -0.3 is 32.1 Å². The van der Waals surface area contributed by atoms with Gasteiger partial charge in [-0.15, -0.1) is 0 Å². The van der Waals surface area contributed by atoms with Gasteiger partial charge in [-0.1, -0.05) is 30.8 Å². The van der Waals surface area contributed by atoms with Gasteiger partial charge in [0, 0.05) is 39.0 Å². The first-order valence-electron chi connectivity index (χ1n) is 14.4. The van der Waals surface area contributed by atoms with Crippen LogP contribution in [-0.4, -0.2) is 37.8 Å². The van der Waals surface area contributed by atoms with E-state index < -0.39 is 58.5 Å². The van der Waals surface area contributed by atoms with Crippen LogP contribution >= 0.6 is 11.6 Å². The molecule has 0 aliphatic carbocycles. The Kier molecular flexibility index (Phi) is 9.89. The van der Waals surface area contributed by atoms with Gasteiger partial charge in [-0.25, -0.2) is 13.2 Å². The molecule has 0 amide bonds. The first-order chi connectivity index (χ1) is 22.2. The molecule has 0 bridgehead atoms. The number of hydrogen-bond acceptors (Lipinski definition) is 7. The third-order valence-corrected chi connectivity index (χ3v) is 8.83. The highest BCUT2D eigenvalue weighted by atomic mass is 35.5. The Morgan fingerprint density at radius 2 is 1.77 bits per heavy atom. The normalized spacial score (nSPS) is 15.8. The van der Waals surface area contributed by atoms with E-state index in [0.717, 1.165) is 18.3 Å². The van der Waals surface area contributed by atoms with Gasteiger partial charge in [-0.05, 0) is 69.8 Å².